The quantitative estimate of drug-likeness (QED) is 0.640. The summed E-state index contributed by atoms with van der Waals surface area (Å²) in [4.78, 5) is 26.5. The average molecular weight is 436 g/mol. The number of halogens is 1. The summed E-state index contributed by atoms with van der Waals surface area (Å²) >= 11 is 6.10. The minimum Gasteiger partial charge on any atom is -0.457 e. The van der Waals surface area contributed by atoms with E-state index in [9.17, 15) is 9.59 Å². The van der Waals surface area contributed by atoms with Gasteiger partial charge < -0.3 is 10.1 Å². The Hall–Kier alpha value is -2.85. The number of ether oxygens (including phenoxy) is 1. The van der Waals surface area contributed by atoms with Crippen LogP contribution in [-0.2, 0) is 20.9 Å². The van der Waals surface area contributed by atoms with Crippen molar-refractivity contribution in [3.8, 4) is 0 Å². The van der Waals surface area contributed by atoms with Gasteiger partial charge in [-0.25, -0.2) is 4.79 Å². The smallest absolute Gasteiger partial charge is 0.336 e. The van der Waals surface area contributed by atoms with Crippen LogP contribution in [0.1, 0.15) is 44.2 Å². The lowest BCUT2D eigenvalue weighted by atomic mass is 9.66. The number of carbonyl (C=O) groups excluding carboxylic acids is 2. The first-order valence-electron chi connectivity index (χ1n) is 10.4. The topological polar surface area (TPSA) is 55.4 Å². The molecule has 1 heterocycles. The van der Waals surface area contributed by atoms with E-state index in [4.69, 9.17) is 16.3 Å². The number of nitrogens with one attached hydrogen (secondary N) is 1. The molecule has 0 bridgehead atoms. The molecule has 0 fully saturated rings. The Kier molecular flexibility index (Phi) is 5.76. The molecule has 4 rings (SSSR count). The van der Waals surface area contributed by atoms with E-state index in [1.807, 2.05) is 49.4 Å². The SMILES string of the molecule is CC1=C(C(=O)OCc2ccccc2)C(c2ccc(Cl)cc2)C2C(=O)CC(C)(C)C=C2N1. The number of benzene rings is 2. The Balaban J connectivity index is 1.74. The molecular weight excluding hydrogens is 410 g/mol. The van der Waals surface area contributed by atoms with Crippen LogP contribution in [0.3, 0.4) is 0 Å². The summed E-state index contributed by atoms with van der Waals surface area (Å²) in [5, 5.41) is 3.95. The van der Waals surface area contributed by atoms with E-state index in [2.05, 4.69) is 25.2 Å². The van der Waals surface area contributed by atoms with E-state index in [1.165, 1.54) is 0 Å². The zero-order valence-corrected chi connectivity index (χ0v) is 18.7. The van der Waals surface area contributed by atoms with E-state index in [1.54, 1.807) is 12.1 Å². The van der Waals surface area contributed by atoms with Gasteiger partial charge in [-0.3, -0.25) is 4.79 Å². The number of hydrogen-bond donors (Lipinski definition) is 1. The van der Waals surface area contributed by atoms with Crippen LogP contribution in [-0.4, -0.2) is 11.8 Å². The van der Waals surface area contributed by atoms with Crippen LogP contribution in [0.5, 0.6) is 0 Å². The standard InChI is InChI=1S/C26H26ClNO3/c1-16-22(25(30)31-15-17-7-5-4-6-8-17)23(18-9-11-19(27)12-10-18)24-20(28-16)13-26(2,3)14-21(24)29/h4-13,23-24,28H,14-15H2,1-3H3. The first-order valence-corrected chi connectivity index (χ1v) is 10.8. The van der Waals surface area contributed by atoms with Crippen LogP contribution >= 0.6 is 11.6 Å². The Bertz CT molecular complexity index is 1070. The summed E-state index contributed by atoms with van der Waals surface area (Å²) in [6.07, 6.45) is 2.55. The summed E-state index contributed by atoms with van der Waals surface area (Å²) in [6.45, 7) is 6.15. The number of hydrogen-bond acceptors (Lipinski definition) is 4. The predicted octanol–water partition coefficient (Wildman–Crippen LogP) is 5.54. The van der Waals surface area contributed by atoms with Crippen molar-refractivity contribution < 1.29 is 14.3 Å². The Labute approximate surface area is 187 Å². The number of fused-ring (bicyclic) bond motifs is 1. The maximum atomic E-state index is 13.3. The number of ketones is 1. The highest BCUT2D eigenvalue weighted by Crippen LogP contribution is 2.47. The highest BCUT2D eigenvalue weighted by atomic mass is 35.5. The summed E-state index contributed by atoms with van der Waals surface area (Å²) in [7, 11) is 0. The summed E-state index contributed by atoms with van der Waals surface area (Å²) < 4.78 is 5.68. The maximum Gasteiger partial charge on any atom is 0.336 e. The van der Waals surface area contributed by atoms with Gasteiger partial charge >= 0.3 is 5.97 Å². The fourth-order valence-corrected chi connectivity index (χ4v) is 4.69. The third kappa shape index (κ3) is 4.45. The van der Waals surface area contributed by atoms with E-state index in [0.717, 1.165) is 16.8 Å². The summed E-state index contributed by atoms with van der Waals surface area (Å²) in [6, 6.07) is 16.9. The molecule has 0 saturated heterocycles. The molecule has 2 atom stereocenters. The van der Waals surface area contributed by atoms with Gasteiger partial charge in [0.05, 0.1) is 11.5 Å². The third-order valence-corrected chi connectivity index (χ3v) is 6.15. The van der Waals surface area contributed by atoms with Crippen molar-refractivity contribution in [3.63, 3.8) is 0 Å². The molecule has 4 nitrogen and oxygen atoms in total. The molecule has 160 valence electrons. The lowest BCUT2D eigenvalue weighted by Crippen LogP contribution is -2.43. The fourth-order valence-electron chi connectivity index (χ4n) is 4.57. The van der Waals surface area contributed by atoms with Gasteiger partial charge in [0.1, 0.15) is 12.4 Å². The molecule has 1 aliphatic heterocycles. The first-order chi connectivity index (χ1) is 14.7. The van der Waals surface area contributed by atoms with Crippen LogP contribution in [0.2, 0.25) is 5.02 Å². The zero-order chi connectivity index (χ0) is 22.2. The number of rotatable bonds is 4. The molecule has 0 radical (unpaired) electrons. The molecule has 2 aromatic carbocycles. The second-order valence-electron chi connectivity index (χ2n) is 8.96. The molecule has 0 saturated carbocycles. The lowest BCUT2D eigenvalue weighted by molar-refractivity contribution is -0.141. The molecular formula is C26H26ClNO3. The highest BCUT2D eigenvalue weighted by molar-refractivity contribution is 6.30. The maximum absolute atomic E-state index is 13.3. The first kappa shape index (κ1) is 21.4. The monoisotopic (exact) mass is 435 g/mol. The van der Waals surface area contributed by atoms with Gasteiger partial charge in [0.25, 0.3) is 0 Å². The van der Waals surface area contributed by atoms with Crippen molar-refractivity contribution in [2.45, 2.75) is 39.7 Å². The van der Waals surface area contributed by atoms with Crippen molar-refractivity contribution >= 4 is 23.4 Å². The molecule has 31 heavy (non-hydrogen) atoms. The van der Waals surface area contributed by atoms with Crippen molar-refractivity contribution in [1.82, 2.24) is 5.32 Å². The highest BCUT2D eigenvalue weighted by Gasteiger charge is 2.46. The van der Waals surface area contributed by atoms with Crippen molar-refractivity contribution in [2.75, 3.05) is 0 Å². The van der Waals surface area contributed by atoms with Crippen LogP contribution in [0.15, 0.2) is 77.6 Å². The van der Waals surface area contributed by atoms with Gasteiger partial charge in [0.2, 0.25) is 0 Å². The molecule has 5 heteroatoms. The van der Waals surface area contributed by atoms with Crippen LogP contribution < -0.4 is 5.32 Å². The van der Waals surface area contributed by atoms with E-state index < -0.39 is 17.8 Å². The molecule has 1 N–H and O–H groups in total. The van der Waals surface area contributed by atoms with Gasteiger partial charge in [-0.1, -0.05) is 74.0 Å². The molecule has 0 amide bonds. The summed E-state index contributed by atoms with van der Waals surface area (Å²) in [5.41, 5.74) is 3.63. The minimum absolute atomic E-state index is 0.121. The molecule has 0 spiro atoms. The van der Waals surface area contributed by atoms with E-state index in [-0.39, 0.29) is 17.8 Å². The Morgan fingerprint density at radius 1 is 1.10 bits per heavy atom. The predicted molar refractivity (Wildman–Crippen MR) is 121 cm³/mol. The van der Waals surface area contributed by atoms with Crippen molar-refractivity contribution in [3.05, 3.63) is 93.8 Å². The van der Waals surface area contributed by atoms with Crippen LogP contribution in [0, 0.1) is 11.3 Å². The normalized spacial score (nSPS) is 22.3. The zero-order valence-electron chi connectivity index (χ0n) is 17.9. The number of Topliss-reactive ketones (excluding diaryl/α,β-unsaturated/α-hetero) is 1. The Morgan fingerprint density at radius 3 is 2.45 bits per heavy atom. The van der Waals surface area contributed by atoms with E-state index >= 15 is 0 Å². The fraction of sp³-hybridized carbons (Fsp3) is 0.308. The molecule has 2 aromatic rings. The largest absolute Gasteiger partial charge is 0.457 e. The van der Waals surface area contributed by atoms with Crippen LogP contribution in [0.4, 0.5) is 0 Å². The lowest BCUT2D eigenvalue weighted by Gasteiger charge is -2.41. The minimum atomic E-state index is -0.447. The summed E-state index contributed by atoms with van der Waals surface area (Å²) in [5.74, 6) is -1.16. The van der Waals surface area contributed by atoms with Crippen molar-refractivity contribution in [2.24, 2.45) is 11.3 Å². The Morgan fingerprint density at radius 2 is 1.77 bits per heavy atom. The second-order valence-corrected chi connectivity index (χ2v) is 9.40. The van der Waals surface area contributed by atoms with Gasteiger partial charge in [0.15, 0.2) is 0 Å². The third-order valence-electron chi connectivity index (χ3n) is 5.90. The van der Waals surface area contributed by atoms with Gasteiger partial charge in [-0.15, -0.1) is 0 Å². The van der Waals surface area contributed by atoms with Crippen LogP contribution in [0.25, 0.3) is 0 Å². The number of esters is 1. The molecule has 0 aromatic heterocycles. The van der Waals surface area contributed by atoms with Gasteiger partial charge in [-0.2, -0.15) is 0 Å². The van der Waals surface area contributed by atoms with Crippen molar-refractivity contribution in [1.29, 1.82) is 0 Å². The number of allylic oxidation sites excluding steroid dienone is 3. The van der Waals surface area contributed by atoms with Gasteiger partial charge in [-0.05, 0) is 35.6 Å². The second kappa shape index (κ2) is 8.35. The average Bonchev–Trinajstić information content (AvgIpc) is 2.71. The molecule has 2 aliphatic rings. The molecule has 1 aliphatic carbocycles. The van der Waals surface area contributed by atoms with E-state index in [0.29, 0.717) is 22.7 Å². The van der Waals surface area contributed by atoms with Gasteiger partial charge in [0, 0.05) is 28.8 Å². The molecule has 2 unspecified atom stereocenters. The number of carbonyl (C=O) groups is 2.